The van der Waals surface area contributed by atoms with Crippen molar-refractivity contribution in [3.63, 3.8) is 0 Å². The van der Waals surface area contributed by atoms with Gasteiger partial charge in [0.15, 0.2) is 0 Å². The average molecular weight is 441 g/mol. The van der Waals surface area contributed by atoms with Crippen LogP contribution in [0.5, 0.6) is 0 Å². The zero-order valence-corrected chi connectivity index (χ0v) is 17.8. The Bertz CT molecular complexity index is 1120. The SMILES string of the molecule is O=C1NCCCCC1Nc1nc(N2CCOCC2)[nH]c(=O)c1-c1nc2ccccc2s1. The molecule has 2 aliphatic heterocycles. The summed E-state index contributed by atoms with van der Waals surface area (Å²) in [4.78, 5) is 40.1. The molecule has 0 saturated carbocycles. The Balaban J connectivity index is 1.59. The second-order valence-corrected chi connectivity index (χ2v) is 8.71. The highest BCUT2D eigenvalue weighted by molar-refractivity contribution is 7.21. The maximum atomic E-state index is 13.2. The van der Waals surface area contributed by atoms with E-state index in [1.807, 2.05) is 29.2 Å². The van der Waals surface area contributed by atoms with Crippen molar-refractivity contribution >= 4 is 39.2 Å². The fraction of sp³-hybridized carbons (Fsp3) is 0.429. The quantitative estimate of drug-likeness (QED) is 0.569. The topological polar surface area (TPSA) is 112 Å². The van der Waals surface area contributed by atoms with Gasteiger partial charge in [-0.05, 0) is 31.4 Å². The molecule has 4 heterocycles. The monoisotopic (exact) mass is 440 g/mol. The molecule has 1 aromatic carbocycles. The number of amides is 1. The van der Waals surface area contributed by atoms with E-state index in [2.05, 4.69) is 20.6 Å². The number of aromatic amines is 1. The Kier molecular flexibility index (Phi) is 5.56. The van der Waals surface area contributed by atoms with Crippen LogP contribution >= 0.6 is 11.3 Å². The highest BCUT2D eigenvalue weighted by Crippen LogP contribution is 2.32. The van der Waals surface area contributed by atoms with Crippen molar-refractivity contribution < 1.29 is 9.53 Å². The molecule has 0 aliphatic carbocycles. The third-order valence-corrected chi connectivity index (χ3v) is 6.63. The largest absolute Gasteiger partial charge is 0.378 e. The van der Waals surface area contributed by atoms with Crippen LogP contribution in [0.1, 0.15) is 19.3 Å². The van der Waals surface area contributed by atoms with Gasteiger partial charge in [-0.2, -0.15) is 4.98 Å². The number of H-pyrrole nitrogens is 1. The summed E-state index contributed by atoms with van der Waals surface area (Å²) in [5.74, 6) is 0.809. The molecular formula is C21H24N6O3S. The Labute approximate surface area is 182 Å². The molecule has 1 atom stereocenters. The zero-order valence-electron chi connectivity index (χ0n) is 17.0. The summed E-state index contributed by atoms with van der Waals surface area (Å²) in [5, 5.41) is 6.78. The molecule has 2 saturated heterocycles. The number of thiazole rings is 1. The van der Waals surface area contributed by atoms with Gasteiger partial charge in [-0.1, -0.05) is 12.1 Å². The molecule has 162 valence electrons. The first-order chi connectivity index (χ1) is 15.2. The van der Waals surface area contributed by atoms with E-state index in [-0.39, 0.29) is 11.5 Å². The van der Waals surface area contributed by atoms with Gasteiger partial charge in [-0.25, -0.2) is 4.98 Å². The molecule has 1 unspecified atom stereocenters. The molecule has 0 bridgehead atoms. The van der Waals surface area contributed by atoms with Gasteiger partial charge < -0.3 is 20.3 Å². The predicted octanol–water partition coefficient (Wildman–Crippen LogP) is 1.96. The Morgan fingerprint density at radius 3 is 2.81 bits per heavy atom. The summed E-state index contributed by atoms with van der Waals surface area (Å²) in [6.07, 6.45) is 2.55. The average Bonchev–Trinajstić information content (AvgIpc) is 3.11. The van der Waals surface area contributed by atoms with E-state index in [4.69, 9.17) is 9.72 Å². The van der Waals surface area contributed by atoms with Crippen molar-refractivity contribution in [2.75, 3.05) is 43.1 Å². The number of ether oxygens (including phenoxy) is 1. The highest BCUT2D eigenvalue weighted by atomic mass is 32.1. The smallest absolute Gasteiger partial charge is 0.264 e. The molecule has 2 aliphatic rings. The minimum atomic E-state index is -0.442. The molecule has 2 aromatic heterocycles. The van der Waals surface area contributed by atoms with E-state index in [1.165, 1.54) is 11.3 Å². The van der Waals surface area contributed by atoms with Gasteiger partial charge >= 0.3 is 0 Å². The summed E-state index contributed by atoms with van der Waals surface area (Å²) in [6.45, 7) is 3.12. The van der Waals surface area contributed by atoms with Crippen LogP contribution in [0.4, 0.5) is 11.8 Å². The number of hydrogen-bond donors (Lipinski definition) is 3. The lowest BCUT2D eigenvalue weighted by Gasteiger charge is -2.28. The molecule has 3 aromatic rings. The minimum absolute atomic E-state index is 0.0669. The third kappa shape index (κ3) is 4.13. The summed E-state index contributed by atoms with van der Waals surface area (Å²) in [6, 6.07) is 7.33. The van der Waals surface area contributed by atoms with Gasteiger partial charge in [0.1, 0.15) is 22.4 Å². The Hall–Kier alpha value is -2.98. The van der Waals surface area contributed by atoms with E-state index in [1.54, 1.807) is 0 Å². The lowest BCUT2D eigenvalue weighted by molar-refractivity contribution is -0.121. The molecule has 9 nitrogen and oxygen atoms in total. The second kappa shape index (κ2) is 8.64. The Morgan fingerprint density at radius 1 is 1.13 bits per heavy atom. The van der Waals surface area contributed by atoms with Crippen LogP contribution in [-0.2, 0) is 9.53 Å². The van der Waals surface area contributed by atoms with E-state index < -0.39 is 6.04 Å². The standard InChI is InChI=1S/C21H24N6O3S/c28-18-14(6-3-4-8-22-18)23-17-16(20-24-13-5-1-2-7-15(13)31-20)19(29)26-21(25-17)27-9-11-30-12-10-27/h1-2,5,7,14H,3-4,6,8-12H2,(H,22,28)(H2,23,25,26,29). The lowest BCUT2D eigenvalue weighted by Crippen LogP contribution is -2.40. The summed E-state index contributed by atoms with van der Waals surface area (Å²) < 4.78 is 6.41. The maximum absolute atomic E-state index is 13.2. The second-order valence-electron chi connectivity index (χ2n) is 7.68. The van der Waals surface area contributed by atoms with Crippen LogP contribution in [0, 0.1) is 0 Å². The van der Waals surface area contributed by atoms with Crippen LogP contribution in [-0.4, -0.2) is 59.7 Å². The van der Waals surface area contributed by atoms with E-state index in [9.17, 15) is 9.59 Å². The van der Waals surface area contributed by atoms with Crippen molar-refractivity contribution in [1.82, 2.24) is 20.3 Å². The number of benzene rings is 1. The molecule has 10 heteroatoms. The predicted molar refractivity (Wildman–Crippen MR) is 121 cm³/mol. The number of carbonyl (C=O) groups is 1. The number of nitrogens with one attached hydrogen (secondary N) is 3. The van der Waals surface area contributed by atoms with Crippen molar-refractivity contribution in [3.8, 4) is 10.6 Å². The van der Waals surface area contributed by atoms with Crippen LogP contribution in [0.15, 0.2) is 29.1 Å². The van der Waals surface area contributed by atoms with E-state index in [0.717, 1.165) is 23.1 Å². The van der Waals surface area contributed by atoms with Crippen molar-refractivity contribution in [1.29, 1.82) is 0 Å². The molecule has 31 heavy (non-hydrogen) atoms. The van der Waals surface area contributed by atoms with Crippen molar-refractivity contribution in [3.05, 3.63) is 34.6 Å². The molecule has 5 rings (SSSR count). The molecule has 3 N–H and O–H groups in total. The number of fused-ring (bicyclic) bond motifs is 1. The van der Waals surface area contributed by atoms with E-state index >= 15 is 0 Å². The third-order valence-electron chi connectivity index (χ3n) is 5.57. The minimum Gasteiger partial charge on any atom is -0.378 e. The number of rotatable bonds is 4. The molecule has 1 amide bonds. The highest BCUT2D eigenvalue weighted by Gasteiger charge is 2.26. The van der Waals surface area contributed by atoms with Gasteiger partial charge in [-0.15, -0.1) is 11.3 Å². The number of carbonyl (C=O) groups excluding carboxylic acids is 1. The molecule has 0 spiro atoms. The first-order valence-corrected chi connectivity index (χ1v) is 11.4. The molecule has 0 radical (unpaired) electrons. The lowest BCUT2D eigenvalue weighted by atomic mass is 10.1. The summed E-state index contributed by atoms with van der Waals surface area (Å²) in [5.41, 5.74) is 0.930. The summed E-state index contributed by atoms with van der Waals surface area (Å²) in [7, 11) is 0. The van der Waals surface area contributed by atoms with Gasteiger partial charge in [0.2, 0.25) is 11.9 Å². The van der Waals surface area contributed by atoms with E-state index in [0.29, 0.717) is 61.6 Å². The normalized spacial score (nSPS) is 19.8. The number of para-hydroxylation sites is 1. The van der Waals surface area contributed by atoms with Gasteiger partial charge in [-0.3, -0.25) is 14.6 Å². The fourth-order valence-electron chi connectivity index (χ4n) is 3.91. The number of aromatic nitrogens is 3. The van der Waals surface area contributed by atoms with Crippen LogP contribution in [0.25, 0.3) is 20.8 Å². The van der Waals surface area contributed by atoms with Gasteiger partial charge in [0, 0.05) is 19.6 Å². The first-order valence-electron chi connectivity index (χ1n) is 10.6. The number of hydrogen-bond acceptors (Lipinski definition) is 8. The fourth-order valence-corrected chi connectivity index (χ4v) is 4.92. The first kappa shape index (κ1) is 20.0. The Morgan fingerprint density at radius 2 is 1.97 bits per heavy atom. The number of nitrogens with zero attached hydrogens (tertiary/aromatic N) is 3. The number of morpholine rings is 1. The summed E-state index contributed by atoms with van der Waals surface area (Å²) >= 11 is 1.44. The van der Waals surface area contributed by atoms with Crippen molar-refractivity contribution in [2.45, 2.75) is 25.3 Å². The number of anilines is 2. The molecular weight excluding hydrogens is 416 g/mol. The van der Waals surface area contributed by atoms with Gasteiger partial charge in [0.05, 0.1) is 23.4 Å². The van der Waals surface area contributed by atoms with Gasteiger partial charge in [0.25, 0.3) is 5.56 Å². The van der Waals surface area contributed by atoms with Crippen LogP contribution < -0.4 is 21.1 Å². The zero-order chi connectivity index (χ0) is 21.2. The van der Waals surface area contributed by atoms with Crippen molar-refractivity contribution in [2.24, 2.45) is 0 Å². The van der Waals surface area contributed by atoms with Crippen LogP contribution in [0.3, 0.4) is 0 Å². The molecule has 2 fully saturated rings. The maximum Gasteiger partial charge on any atom is 0.264 e. The van der Waals surface area contributed by atoms with Crippen LogP contribution in [0.2, 0.25) is 0 Å².